The number of aromatic nitrogens is 3. The van der Waals surface area contributed by atoms with Crippen molar-refractivity contribution in [3.05, 3.63) is 70.4 Å². The Bertz CT molecular complexity index is 1440. The molecule has 4 heterocycles. The van der Waals surface area contributed by atoms with Gasteiger partial charge in [-0.15, -0.1) is 5.53 Å². The fourth-order valence-electron chi connectivity index (χ4n) is 4.97. The molecular weight excluding hydrogens is 509 g/mol. The number of alkyl halides is 3. The molecule has 0 spiro atoms. The van der Waals surface area contributed by atoms with Crippen LogP contribution in [0.15, 0.2) is 36.8 Å². The average molecular weight is 541 g/mol. The Hall–Kier alpha value is -4.06. The molecule has 0 atom stereocenters. The van der Waals surface area contributed by atoms with Gasteiger partial charge in [-0.1, -0.05) is 0 Å². The fraction of sp³-hybridized carbons (Fsp3) is 0.370. The molecule has 2 aliphatic rings. The van der Waals surface area contributed by atoms with Crippen molar-refractivity contribution in [2.75, 3.05) is 28.3 Å². The number of hydrogen-bond acceptors (Lipinski definition) is 7. The summed E-state index contributed by atoms with van der Waals surface area (Å²) in [4.78, 5) is 19.6. The highest BCUT2D eigenvalue weighted by atomic mass is 19.4. The van der Waals surface area contributed by atoms with Crippen LogP contribution in [0.3, 0.4) is 0 Å². The van der Waals surface area contributed by atoms with Gasteiger partial charge in [0.15, 0.2) is 0 Å². The van der Waals surface area contributed by atoms with Gasteiger partial charge >= 0.3 is 6.18 Å². The van der Waals surface area contributed by atoms with Crippen molar-refractivity contribution in [1.82, 2.24) is 25.7 Å². The number of rotatable bonds is 5. The number of carbonyl (C=O) groups excluding carboxylic acids is 1. The maximum Gasteiger partial charge on any atom is 0.416 e. The van der Waals surface area contributed by atoms with E-state index in [1.807, 2.05) is 25.1 Å². The third-order valence-electron chi connectivity index (χ3n) is 7.32. The fourth-order valence-corrected chi connectivity index (χ4v) is 4.97. The summed E-state index contributed by atoms with van der Waals surface area (Å²) >= 11 is 0. The number of nitrogens with one attached hydrogen (secondary N) is 3. The van der Waals surface area contributed by atoms with E-state index < -0.39 is 17.6 Å². The lowest BCUT2D eigenvalue weighted by Crippen LogP contribution is -2.36. The number of pyridine rings is 1. The van der Waals surface area contributed by atoms with Crippen LogP contribution in [0.4, 0.5) is 30.2 Å². The third kappa shape index (κ3) is 5.29. The maximum absolute atomic E-state index is 13.9. The van der Waals surface area contributed by atoms with Crippen LogP contribution in [0.5, 0.6) is 0 Å². The Morgan fingerprint density at radius 3 is 2.44 bits per heavy atom. The van der Waals surface area contributed by atoms with Crippen molar-refractivity contribution in [2.45, 2.75) is 46.2 Å². The van der Waals surface area contributed by atoms with Gasteiger partial charge < -0.3 is 15.6 Å². The molecule has 12 heteroatoms. The first-order valence-corrected chi connectivity index (χ1v) is 12.8. The Labute approximate surface area is 224 Å². The number of piperidine rings is 1. The van der Waals surface area contributed by atoms with Crippen molar-refractivity contribution in [1.29, 1.82) is 0 Å². The highest BCUT2D eigenvalue weighted by Gasteiger charge is 2.35. The molecule has 2 aromatic heterocycles. The van der Waals surface area contributed by atoms with E-state index in [2.05, 4.69) is 26.4 Å². The predicted octanol–water partition coefficient (Wildman–Crippen LogP) is 4.83. The second kappa shape index (κ2) is 10.3. The molecule has 206 valence electrons. The minimum Gasteiger partial charge on any atom is -0.371 e. The standard InChI is InChI=1S/C27H31F3N8O/c1-16-22(27(28,29)30)11-20(12-24(16)37-8-6-5-7-9-37)33-26(39)19-10-25(17(2)31-13-19)38-15-23(34-35-38)21-14-32-36(4)18(21)3/h10-15,34-35H,5-9H2,1-4H3,(H,33,39). The van der Waals surface area contributed by atoms with Crippen molar-refractivity contribution in [2.24, 2.45) is 7.05 Å². The number of hydrogen-bond donors (Lipinski definition) is 3. The summed E-state index contributed by atoms with van der Waals surface area (Å²) in [6.07, 6.45) is 3.35. The highest BCUT2D eigenvalue weighted by Crippen LogP contribution is 2.39. The first kappa shape index (κ1) is 26.5. The Balaban J connectivity index is 1.42. The number of nitrogens with zero attached hydrogens (tertiary/aromatic N) is 5. The van der Waals surface area contributed by atoms with Gasteiger partial charge in [-0.2, -0.15) is 18.3 Å². The summed E-state index contributed by atoms with van der Waals surface area (Å²) in [5.41, 5.74) is 10.3. The quantitative estimate of drug-likeness (QED) is 0.427. The van der Waals surface area contributed by atoms with Crippen LogP contribution >= 0.6 is 0 Å². The summed E-state index contributed by atoms with van der Waals surface area (Å²) < 4.78 is 43.5. The SMILES string of the molecule is Cc1ncc(C(=O)Nc2cc(N3CCCCC3)c(C)c(C(F)(F)F)c2)cc1N1C=C(c2cnn(C)c2C)NN1. The molecule has 3 aromatic rings. The number of benzene rings is 1. The molecule has 0 unspecified atom stereocenters. The van der Waals surface area contributed by atoms with Crippen molar-refractivity contribution in [3.63, 3.8) is 0 Å². The summed E-state index contributed by atoms with van der Waals surface area (Å²) in [5, 5.41) is 8.64. The number of carbonyl (C=O) groups is 1. The zero-order valence-electron chi connectivity index (χ0n) is 22.3. The number of halogens is 3. The largest absolute Gasteiger partial charge is 0.416 e. The normalized spacial score (nSPS) is 15.8. The molecule has 0 saturated carbocycles. The van der Waals surface area contributed by atoms with E-state index in [0.717, 1.165) is 42.3 Å². The summed E-state index contributed by atoms with van der Waals surface area (Å²) in [5.74, 6) is -0.551. The Kier molecular flexibility index (Phi) is 6.98. The van der Waals surface area contributed by atoms with E-state index in [1.165, 1.54) is 13.1 Å². The smallest absolute Gasteiger partial charge is 0.371 e. The topological polar surface area (TPSA) is 90.4 Å². The lowest BCUT2D eigenvalue weighted by Gasteiger charge is -2.31. The molecule has 1 saturated heterocycles. The summed E-state index contributed by atoms with van der Waals surface area (Å²) in [6.45, 7) is 6.62. The van der Waals surface area contributed by atoms with E-state index in [1.54, 1.807) is 34.9 Å². The van der Waals surface area contributed by atoms with E-state index in [-0.39, 0.29) is 16.8 Å². The molecule has 3 N–H and O–H groups in total. The molecule has 1 fully saturated rings. The molecule has 1 aromatic carbocycles. The molecule has 0 bridgehead atoms. The van der Waals surface area contributed by atoms with Gasteiger partial charge in [0, 0.05) is 55.2 Å². The van der Waals surface area contributed by atoms with Gasteiger partial charge in [-0.3, -0.25) is 19.5 Å². The molecule has 0 aliphatic carbocycles. The van der Waals surface area contributed by atoms with E-state index in [4.69, 9.17) is 0 Å². The second-order valence-electron chi connectivity index (χ2n) is 9.91. The molecule has 9 nitrogen and oxygen atoms in total. The van der Waals surface area contributed by atoms with Crippen LogP contribution in [-0.2, 0) is 13.2 Å². The molecule has 2 aliphatic heterocycles. The highest BCUT2D eigenvalue weighted by molar-refractivity contribution is 6.05. The van der Waals surface area contributed by atoms with Gasteiger partial charge in [0.1, 0.15) is 0 Å². The Morgan fingerprint density at radius 1 is 1.03 bits per heavy atom. The van der Waals surface area contributed by atoms with Gasteiger partial charge in [-0.05, 0) is 63.8 Å². The van der Waals surface area contributed by atoms with E-state index in [9.17, 15) is 18.0 Å². The van der Waals surface area contributed by atoms with Crippen LogP contribution in [-0.4, -0.2) is 33.8 Å². The maximum atomic E-state index is 13.9. The molecular formula is C27H31F3N8O. The van der Waals surface area contributed by atoms with Gasteiger partial charge in [-0.25, -0.2) is 0 Å². The second-order valence-corrected chi connectivity index (χ2v) is 9.91. The van der Waals surface area contributed by atoms with Crippen LogP contribution in [0.2, 0.25) is 0 Å². The minimum atomic E-state index is -4.54. The molecule has 0 radical (unpaired) electrons. The number of aryl methyl sites for hydroxylation is 2. The lowest BCUT2D eigenvalue weighted by molar-refractivity contribution is -0.138. The first-order chi connectivity index (χ1) is 18.5. The van der Waals surface area contributed by atoms with Crippen LogP contribution in [0.1, 0.15) is 57.7 Å². The van der Waals surface area contributed by atoms with Crippen molar-refractivity contribution < 1.29 is 18.0 Å². The predicted molar refractivity (Wildman–Crippen MR) is 144 cm³/mol. The third-order valence-corrected chi connectivity index (χ3v) is 7.32. The minimum absolute atomic E-state index is 0.0934. The zero-order valence-corrected chi connectivity index (χ0v) is 22.3. The van der Waals surface area contributed by atoms with Gasteiger partial charge in [0.05, 0.1) is 34.4 Å². The monoisotopic (exact) mass is 540 g/mol. The molecule has 39 heavy (non-hydrogen) atoms. The van der Waals surface area contributed by atoms with Crippen LogP contribution in [0.25, 0.3) is 5.70 Å². The van der Waals surface area contributed by atoms with Gasteiger partial charge in [0.2, 0.25) is 0 Å². The molecule has 5 rings (SSSR count). The summed E-state index contributed by atoms with van der Waals surface area (Å²) in [7, 11) is 1.86. The first-order valence-electron chi connectivity index (χ1n) is 12.8. The number of anilines is 3. The van der Waals surface area contributed by atoms with E-state index >= 15 is 0 Å². The lowest BCUT2D eigenvalue weighted by atomic mass is 10.0. The van der Waals surface area contributed by atoms with Crippen molar-refractivity contribution in [3.8, 4) is 0 Å². The summed E-state index contributed by atoms with van der Waals surface area (Å²) in [6, 6.07) is 4.28. The average Bonchev–Trinajstić information content (AvgIpc) is 3.51. The molecule has 1 amide bonds. The zero-order chi connectivity index (χ0) is 27.9. The van der Waals surface area contributed by atoms with Gasteiger partial charge in [0.25, 0.3) is 5.91 Å². The van der Waals surface area contributed by atoms with E-state index in [0.29, 0.717) is 30.2 Å². The van der Waals surface area contributed by atoms with Crippen molar-refractivity contribution >= 4 is 28.7 Å². The number of amides is 1. The van der Waals surface area contributed by atoms with Crippen LogP contribution in [0, 0.1) is 20.8 Å². The number of hydrazine groups is 2. The van der Waals surface area contributed by atoms with Crippen LogP contribution < -0.4 is 26.2 Å². The Morgan fingerprint density at radius 2 is 1.77 bits per heavy atom.